The predicted octanol–water partition coefficient (Wildman–Crippen LogP) is 5.97. The number of aliphatic hydroxyl groups is 1. The molecule has 0 heterocycles. The lowest BCUT2D eigenvalue weighted by molar-refractivity contribution is -0.140. The van der Waals surface area contributed by atoms with Crippen LogP contribution in [0.3, 0.4) is 0 Å². The van der Waals surface area contributed by atoms with Gasteiger partial charge in [0.05, 0.1) is 24.9 Å². The Labute approximate surface area is 203 Å². The number of esters is 1. The summed E-state index contributed by atoms with van der Waals surface area (Å²) in [5.41, 5.74) is 0.0982. The fraction of sp³-hybridized carbons (Fsp3) is 0.778. The smallest absolute Gasteiger partial charge is 0.305 e. The summed E-state index contributed by atoms with van der Waals surface area (Å²) < 4.78 is 11.1. The van der Waals surface area contributed by atoms with Crippen molar-refractivity contribution < 1.29 is 23.9 Å². The Morgan fingerprint density at radius 2 is 1.82 bits per heavy atom. The van der Waals surface area contributed by atoms with E-state index in [1.165, 1.54) is 26.4 Å². The molecule has 190 valence electrons. The monoisotopic (exact) mass is 480 g/mol. The van der Waals surface area contributed by atoms with Gasteiger partial charge in [-0.3, -0.25) is 9.59 Å². The van der Waals surface area contributed by atoms with E-state index >= 15 is 0 Å². The highest BCUT2D eigenvalue weighted by molar-refractivity contribution is 6.48. The first kappa shape index (κ1) is 29.6. The molecule has 4 unspecified atom stereocenters. The SMILES string of the molecule is CCCCCC(/C=C(\O[SiH](C)C)C1C=CC(=O)C1C(O)CCCCCC(=O)OC)C(C)(C)C. The first-order valence-electron chi connectivity index (χ1n) is 12.9. The van der Waals surface area contributed by atoms with E-state index in [-0.39, 0.29) is 23.1 Å². The van der Waals surface area contributed by atoms with Crippen molar-refractivity contribution in [3.05, 3.63) is 24.0 Å². The number of ketones is 1. The molecule has 5 nitrogen and oxygen atoms in total. The molecule has 4 atom stereocenters. The zero-order chi connectivity index (χ0) is 25.0. The number of unbranched alkanes of at least 4 members (excludes halogenated alkanes) is 4. The van der Waals surface area contributed by atoms with Crippen LogP contribution in [-0.2, 0) is 18.8 Å². The molecule has 0 saturated carbocycles. The summed E-state index contributed by atoms with van der Waals surface area (Å²) in [5, 5.41) is 11.0. The Morgan fingerprint density at radius 1 is 1.15 bits per heavy atom. The molecule has 0 aromatic heterocycles. The molecule has 0 amide bonds. The van der Waals surface area contributed by atoms with Gasteiger partial charge in [-0.2, -0.15) is 0 Å². The van der Waals surface area contributed by atoms with Crippen molar-refractivity contribution in [3.8, 4) is 0 Å². The maximum absolute atomic E-state index is 12.7. The maximum Gasteiger partial charge on any atom is 0.305 e. The average Bonchev–Trinajstić information content (AvgIpc) is 3.12. The van der Waals surface area contributed by atoms with E-state index in [0.717, 1.165) is 31.4 Å². The molecule has 0 spiro atoms. The molecule has 1 N–H and O–H groups in total. The van der Waals surface area contributed by atoms with Crippen LogP contribution in [0.5, 0.6) is 0 Å². The van der Waals surface area contributed by atoms with Crippen molar-refractivity contribution in [2.45, 2.75) is 105 Å². The third-order valence-electron chi connectivity index (χ3n) is 6.50. The molecule has 1 aliphatic carbocycles. The van der Waals surface area contributed by atoms with Gasteiger partial charge in [-0.15, -0.1) is 0 Å². The van der Waals surface area contributed by atoms with Gasteiger partial charge in [0, 0.05) is 12.3 Å². The quantitative estimate of drug-likeness (QED) is 0.135. The third kappa shape index (κ3) is 10.6. The van der Waals surface area contributed by atoms with Crippen LogP contribution in [0.2, 0.25) is 13.1 Å². The van der Waals surface area contributed by atoms with Crippen molar-refractivity contribution in [2.75, 3.05) is 7.11 Å². The lowest BCUT2D eigenvalue weighted by Gasteiger charge is -2.32. The fourth-order valence-corrected chi connectivity index (χ4v) is 5.25. The number of aliphatic hydroxyl groups excluding tert-OH is 1. The summed E-state index contributed by atoms with van der Waals surface area (Å²) in [5.74, 6) is 0.328. The maximum atomic E-state index is 12.7. The van der Waals surface area contributed by atoms with Crippen molar-refractivity contribution in [1.29, 1.82) is 0 Å². The van der Waals surface area contributed by atoms with Gasteiger partial charge >= 0.3 is 5.97 Å². The number of carbonyl (C=O) groups excluding carboxylic acids is 2. The lowest BCUT2D eigenvalue weighted by Crippen LogP contribution is -2.33. The van der Waals surface area contributed by atoms with Crippen LogP contribution in [0, 0.1) is 23.2 Å². The normalized spacial score (nSPS) is 20.9. The van der Waals surface area contributed by atoms with Crippen LogP contribution >= 0.6 is 0 Å². The molecular weight excluding hydrogens is 432 g/mol. The van der Waals surface area contributed by atoms with Gasteiger partial charge in [0.1, 0.15) is 0 Å². The summed E-state index contributed by atoms with van der Waals surface area (Å²) >= 11 is 0. The van der Waals surface area contributed by atoms with E-state index in [1.807, 2.05) is 6.08 Å². The van der Waals surface area contributed by atoms with Crippen molar-refractivity contribution in [1.82, 2.24) is 0 Å². The van der Waals surface area contributed by atoms with E-state index < -0.39 is 21.1 Å². The second-order valence-corrected chi connectivity index (χ2v) is 13.1. The second kappa shape index (κ2) is 14.8. The van der Waals surface area contributed by atoms with Crippen LogP contribution in [0.15, 0.2) is 24.0 Å². The number of rotatable bonds is 15. The standard InChI is InChI=1S/C27H48O5Si/c1-8-9-11-14-20(27(2,3)4)19-24(32-33(6)7)21-17-18-23(29)26(21)22(28)15-12-10-13-16-25(30)31-5/h17-22,26,28,33H,8-16H2,1-7H3/b24-19-. The van der Waals surface area contributed by atoms with E-state index in [9.17, 15) is 14.7 Å². The molecular formula is C27H48O5Si. The Kier molecular flexibility index (Phi) is 13.3. The van der Waals surface area contributed by atoms with Crippen LogP contribution < -0.4 is 0 Å². The molecule has 0 radical (unpaired) electrons. The molecule has 6 heteroatoms. The van der Waals surface area contributed by atoms with Gasteiger partial charge in [-0.05, 0) is 55.8 Å². The van der Waals surface area contributed by atoms with Gasteiger partial charge in [0.25, 0.3) is 0 Å². The molecule has 0 bridgehead atoms. The number of allylic oxidation sites excluding steroid dienone is 3. The summed E-state index contributed by atoms with van der Waals surface area (Å²) in [6, 6.07) is 0. The van der Waals surface area contributed by atoms with Gasteiger partial charge in [0.15, 0.2) is 5.78 Å². The summed E-state index contributed by atoms with van der Waals surface area (Å²) in [6.45, 7) is 13.3. The number of hydrogen-bond donors (Lipinski definition) is 1. The molecule has 0 saturated heterocycles. The third-order valence-corrected chi connectivity index (χ3v) is 7.25. The van der Waals surface area contributed by atoms with Gasteiger partial charge in [-0.1, -0.05) is 65.9 Å². The Morgan fingerprint density at radius 3 is 2.39 bits per heavy atom. The zero-order valence-corrected chi connectivity index (χ0v) is 23.2. The summed E-state index contributed by atoms with van der Waals surface area (Å²) in [4.78, 5) is 24.0. The second-order valence-electron chi connectivity index (χ2n) is 10.8. The van der Waals surface area contributed by atoms with E-state index in [0.29, 0.717) is 18.8 Å². The number of hydrogen-bond acceptors (Lipinski definition) is 5. The Bertz CT molecular complexity index is 662. The number of carbonyl (C=O) groups is 2. The van der Waals surface area contributed by atoms with Gasteiger partial charge < -0.3 is 14.3 Å². The molecule has 33 heavy (non-hydrogen) atoms. The van der Waals surface area contributed by atoms with Crippen LogP contribution in [-0.4, -0.2) is 39.1 Å². The minimum absolute atomic E-state index is 0.0136. The highest BCUT2D eigenvalue weighted by Crippen LogP contribution is 2.38. The van der Waals surface area contributed by atoms with Crippen LogP contribution in [0.4, 0.5) is 0 Å². The molecule has 1 aliphatic rings. The fourth-order valence-electron chi connectivity index (χ4n) is 4.47. The Balaban J connectivity index is 2.97. The van der Waals surface area contributed by atoms with Crippen molar-refractivity contribution >= 4 is 20.8 Å². The first-order chi connectivity index (χ1) is 15.5. The molecule has 0 fully saturated rings. The largest absolute Gasteiger partial charge is 0.550 e. The number of ether oxygens (including phenoxy) is 1. The number of methoxy groups -OCH3 is 1. The van der Waals surface area contributed by atoms with E-state index in [4.69, 9.17) is 4.43 Å². The molecule has 0 aliphatic heterocycles. The average molecular weight is 481 g/mol. The van der Waals surface area contributed by atoms with Crippen LogP contribution in [0.25, 0.3) is 0 Å². The summed E-state index contributed by atoms with van der Waals surface area (Å²) in [7, 11) is 0.00162. The van der Waals surface area contributed by atoms with Crippen molar-refractivity contribution in [2.24, 2.45) is 23.2 Å². The Hall–Kier alpha value is -1.40. The lowest BCUT2D eigenvalue weighted by atomic mass is 9.76. The minimum Gasteiger partial charge on any atom is -0.550 e. The molecule has 0 aromatic carbocycles. The van der Waals surface area contributed by atoms with Gasteiger partial charge in [-0.25, -0.2) is 0 Å². The predicted molar refractivity (Wildman–Crippen MR) is 137 cm³/mol. The van der Waals surface area contributed by atoms with E-state index in [1.54, 1.807) is 6.08 Å². The highest BCUT2D eigenvalue weighted by atomic mass is 28.3. The van der Waals surface area contributed by atoms with Crippen LogP contribution in [0.1, 0.15) is 85.5 Å². The van der Waals surface area contributed by atoms with Gasteiger partial charge in [0.2, 0.25) is 9.04 Å². The first-order valence-corrected chi connectivity index (χ1v) is 15.6. The summed E-state index contributed by atoms with van der Waals surface area (Å²) in [6.07, 6.45) is 13.1. The minimum atomic E-state index is -1.39. The highest BCUT2D eigenvalue weighted by Gasteiger charge is 2.39. The molecule has 0 aromatic rings. The zero-order valence-electron chi connectivity index (χ0n) is 22.1. The van der Waals surface area contributed by atoms with Crippen molar-refractivity contribution in [3.63, 3.8) is 0 Å². The van der Waals surface area contributed by atoms with E-state index in [2.05, 4.69) is 51.6 Å². The molecule has 1 rings (SSSR count). The topological polar surface area (TPSA) is 72.8 Å².